The maximum absolute atomic E-state index is 8.78. The lowest BCUT2D eigenvalue weighted by Gasteiger charge is -2.09. The maximum Gasteiger partial charge on any atom is 0.0894 e. The molecule has 0 bridgehead atoms. The van der Waals surface area contributed by atoms with Crippen molar-refractivity contribution in [2.45, 2.75) is 19.1 Å². The van der Waals surface area contributed by atoms with Crippen molar-refractivity contribution in [1.82, 2.24) is 5.32 Å². The van der Waals surface area contributed by atoms with Gasteiger partial charge in [0, 0.05) is 13.1 Å². The van der Waals surface area contributed by atoms with Gasteiger partial charge in [-0.2, -0.15) is 0 Å². The molecule has 0 heterocycles. The largest absolute Gasteiger partial charge is 0.394 e. The molecule has 2 unspecified atom stereocenters. The molecule has 0 aromatic heterocycles. The van der Waals surface area contributed by atoms with Crippen LogP contribution in [-0.4, -0.2) is 47.2 Å². The van der Waals surface area contributed by atoms with Crippen molar-refractivity contribution in [1.29, 1.82) is 0 Å². The number of aliphatic hydroxyl groups is 3. The minimum Gasteiger partial charge on any atom is -0.394 e. The first kappa shape index (κ1) is 9.84. The fourth-order valence-electron chi connectivity index (χ4n) is 0.523. The Labute approximate surface area is 60.5 Å². The maximum atomic E-state index is 8.78. The van der Waals surface area contributed by atoms with Crippen LogP contribution in [0.4, 0.5) is 0 Å². The predicted octanol–water partition coefficient (Wildman–Crippen LogP) is -1.69. The van der Waals surface area contributed by atoms with Crippen LogP contribution in [0.3, 0.4) is 0 Å². The zero-order valence-corrected chi connectivity index (χ0v) is 6.12. The summed E-state index contributed by atoms with van der Waals surface area (Å²) in [6.07, 6.45) is -1.13. The van der Waals surface area contributed by atoms with E-state index >= 15 is 0 Å². The van der Waals surface area contributed by atoms with Gasteiger partial charge in [0.25, 0.3) is 0 Å². The van der Waals surface area contributed by atoms with Gasteiger partial charge in [-0.05, 0) is 6.92 Å². The average molecular weight is 149 g/mol. The van der Waals surface area contributed by atoms with Crippen molar-refractivity contribution in [2.75, 3.05) is 19.7 Å². The molecule has 0 aliphatic rings. The van der Waals surface area contributed by atoms with Crippen molar-refractivity contribution < 1.29 is 15.3 Å². The van der Waals surface area contributed by atoms with E-state index in [0.717, 1.165) is 0 Å². The highest BCUT2D eigenvalue weighted by Crippen LogP contribution is 1.78. The van der Waals surface area contributed by atoms with E-state index in [1.54, 1.807) is 6.92 Å². The molecule has 0 rings (SSSR count). The minimum atomic E-state index is -0.723. The van der Waals surface area contributed by atoms with Crippen LogP contribution < -0.4 is 5.32 Å². The Hall–Kier alpha value is -0.160. The van der Waals surface area contributed by atoms with E-state index in [1.807, 2.05) is 0 Å². The number of rotatable bonds is 5. The molecule has 4 heteroatoms. The molecular weight excluding hydrogens is 134 g/mol. The lowest BCUT2D eigenvalue weighted by atomic mass is 10.3. The van der Waals surface area contributed by atoms with Crippen LogP contribution in [-0.2, 0) is 0 Å². The summed E-state index contributed by atoms with van der Waals surface area (Å²) in [6.45, 7) is 2.17. The fourth-order valence-corrected chi connectivity index (χ4v) is 0.523. The van der Waals surface area contributed by atoms with E-state index in [9.17, 15) is 0 Å². The molecule has 0 aromatic carbocycles. The molecule has 10 heavy (non-hydrogen) atoms. The van der Waals surface area contributed by atoms with E-state index in [2.05, 4.69) is 5.32 Å². The SMILES string of the molecule is CC(O)CNCC(O)CO. The zero-order valence-electron chi connectivity index (χ0n) is 6.12. The van der Waals surface area contributed by atoms with Crippen LogP contribution in [0.2, 0.25) is 0 Å². The van der Waals surface area contributed by atoms with Crippen LogP contribution >= 0.6 is 0 Å². The van der Waals surface area contributed by atoms with Gasteiger partial charge in [0.15, 0.2) is 0 Å². The quantitative estimate of drug-likeness (QED) is 0.376. The predicted molar refractivity (Wildman–Crippen MR) is 37.6 cm³/mol. The standard InChI is InChI=1S/C6H15NO3/c1-5(9)2-7-3-6(10)4-8/h5-10H,2-4H2,1H3. The van der Waals surface area contributed by atoms with E-state index in [0.29, 0.717) is 13.1 Å². The van der Waals surface area contributed by atoms with Gasteiger partial charge in [-0.1, -0.05) is 0 Å². The Kier molecular flexibility index (Phi) is 5.52. The van der Waals surface area contributed by atoms with Gasteiger partial charge in [-0.15, -0.1) is 0 Å². The molecule has 0 aliphatic heterocycles. The first-order chi connectivity index (χ1) is 4.66. The summed E-state index contributed by atoms with van der Waals surface area (Å²) in [5.74, 6) is 0. The van der Waals surface area contributed by atoms with Crippen molar-refractivity contribution in [3.8, 4) is 0 Å². The van der Waals surface area contributed by atoms with Crippen LogP contribution in [0.15, 0.2) is 0 Å². The third kappa shape index (κ3) is 5.97. The zero-order chi connectivity index (χ0) is 7.98. The van der Waals surface area contributed by atoms with E-state index in [-0.39, 0.29) is 6.61 Å². The fraction of sp³-hybridized carbons (Fsp3) is 1.00. The third-order valence-corrected chi connectivity index (χ3v) is 1.03. The molecule has 0 radical (unpaired) electrons. The van der Waals surface area contributed by atoms with E-state index in [4.69, 9.17) is 15.3 Å². The van der Waals surface area contributed by atoms with Gasteiger partial charge in [0.1, 0.15) is 0 Å². The Morgan fingerprint density at radius 2 is 1.90 bits per heavy atom. The second kappa shape index (κ2) is 5.61. The van der Waals surface area contributed by atoms with Crippen LogP contribution in [0, 0.1) is 0 Å². The summed E-state index contributed by atoms with van der Waals surface area (Å²) in [6, 6.07) is 0. The smallest absolute Gasteiger partial charge is 0.0894 e. The van der Waals surface area contributed by atoms with Crippen molar-refractivity contribution in [2.24, 2.45) is 0 Å². The molecule has 0 amide bonds. The second-order valence-electron chi connectivity index (χ2n) is 2.34. The molecular formula is C6H15NO3. The highest BCUT2D eigenvalue weighted by molar-refractivity contribution is 4.58. The lowest BCUT2D eigenvalue weighted by Crippen LogP contribution is -2.33. The summed E-state index contributed by atoms with van der Waals surface area (Å²) in [4.78, 5) is 0. The highest BCUT2D eigenvalue weighted by Gasteiger charge is 2.00. The van der Waals surface area contributed by atoms with Gasteiger partial charge < -0.3 is 20.6 Å². The highest BCUT2D eigenvalue weighted by atomic mass is 16.3. The van der Waals surface area contributed by atoms with Crippen molar-refractivity contribution in [3.05, 3.63) is 0 Å². The number of nitrogens with one attached hydrogen (secondary N) is 1. The third-order valence-electron chi connectivity index (χ3n) is 1.03. The second-order valence-corrected chi connectivity index (χ2v) is 2.34. The minimum absolute atomic E-state index is 0.243. The monoisotopic (exact) mass is 149 g/mol. The number of hydrogen-bond donors (Lipinski definition) is 4. The average Bonchev–Trinajstić information content (AvgIpc) is 1.87. The van der Waals surface area contributed by atoms with Gasteiger partial charge in [0.05, 0.1) is 18.8 Å². The topological polar surface area (TPSA) is 72.7 Å². The number of aliphatic hydroxyl groups excluding tert-OH is 3. The summed E-state index contributed by atoms with van der Waals surface area (Å²) in [5.41, 5.74) is 0. The first-order valence-electron chi connectivity index (χ1n) is 3.34. The lowest BCUT2D eigenvalue weighted by molar-refractivity contribution is 0.0903. The molecule has 4 N–H and O–H groups in total. The molecule has 0 saturated carbocycles. The molecule has 2 atom stereocenters. The molecule has 4 nitrogen and oxygen atoms in total. The normalized spacial score (nSPS) is 16.8. The molecule has 0 fully saturated rings. The number of hydrogen-bond acceptors (Lipinski definition) is 4. The summed E-state index contributed by atoms with van der Waals surface area (Å²) in [5, 5.41) is 28.6. The summed E-state index contributed by atoms with van der Waals surface area (Å²) >= 11 is 0. The first-order valence-corrected chi connectivity index (χ1v) is 3.34. The van der Waals surface area contributed by atoms with Crippen LogP contribution in [0.25, 0.3) is 0 Å². The molecule has 62 valence electrons. The van der Waals surface area contributed by atoms with Gasteiger partial charge in [-0.3, -0.25) is 0 Å². The van der Waals surface area contributed by atoms with E-state index < -0.39 is 12.2 Å². The Morgan fingerprint density at radius 3 is 2.30 bits per heavy atom. The van der Waals surface area contributed by atoms with Crippen LogP contribution in [0.5, 0.6) is 0 Å². The van der Waals surface area contributed by atoms with Gasteiger partial charge in [-0.25, -0.2) is 0 Å². The Balaban J connectivity index is 3.03. The van der Waals surface area contributed by atoms with Gasteiger partial charge >= 0.3 is 0 Å². The summed E-state index contributed by atoms with van der Waals surface area (Å²) in [7, 11) is 0. The van der Waals surface area contributed by atoms with Gasteiger partial charge in [0.2, 0.25) is 0 Å². The molecule has 0 spiro atoms. The molecule has 0 aromatic rings. The van der Waals surface area contributed by atoms with Crippen molar-refractivity contribution in [3.63, 3.8) is 0 Å². The molecule has 0 saturated heterocycles. The molecule has 0 aliphatic carbocycles. The van der Waals surface area contributed by atoms with E-state index in [1.165, 1.54) is 0 Å². The van der Waals surface area contributed by atoms with Crippen molar-refractivity contribution >= 4 is 0 Å². The Morgan fingerprint density at radius 1 is 1.30 bits per heavy atom. The van der Waals surface area contributed by atoms with Crippen LogP contribution in [0.1, 0.15) is 6.92 Å². The Bertz CT molecular complexity index is 77.4. The summed E-state index contributed by atoms with van der Waals surface area (Å²) < 4.78 is 0.